The van der Waals surface area contributed by atoms with Crippen molar-refractivity contribution in [1.82, 2.24) is 10.2 Å². The number of benzene rings is 1. The van der Waals surface area contributed by atoms with E-state index in [4.69, 9.17) is 10.5 Å². The molecule has 0 aliphatic carbocycles. The van der Waals surface area contributed by atoms with Crippen molar-refractivity contribution in [1.29, 1.82) is 0 Å². The summed E-state index contributed by atoms with van der Waals surface area (Å²) in [5.41, 5.74) is 7.29. The van der Waals surface area contributed by atoms with Gasteiger partial charge in [0.1, 0.15) is 0 Å². The Morgan fingerprint density at radius 3 is 2.85 bits per heavy atom. The van der Waals surface area contributed by atoms with Crippen LogP contribution in [-0.4, -0.2) is 56.3 Å². The van der Waals surface area contributed by atoms with Crippen LogP contribution in [0.5, 0.6) is 0 Å². The van der Waals surface area contributed by atoms with Crippen molar-refractivity contribution >= 4 is 29.9 Å². The number of guanidine groups is 1. The van der Waals surface area contributed by atoms with Crippen LogP contribution in [0.2, 0.25) is 0 Å². The monoisotopic (exact) mass is 474 g/mol. The van der Waals surface area contributed by atoms with Gasteiger partial charge in [-0.15, -0.1) is 24.0 Å². The summed E-state index contributed by atoms with van der Waals surface area (Å²) in [6.45, 7) is 7.79. The first-order valence-electron chi connectivity index (χ1n) is 9.69. The minimum absolute atomic E-state index is 0. The second-order valence-corrected chi connectivity index (χ2v) is 6.63. The maximum Gasteiger partial charge on any atom is 0.188 e. The lowest BCUT2D eigenvalue weighted by atomic mass is 10.2. The average Bonchev–Trinajstić information content (AvgIpc) is 3.10. The van der Waals surface area contributed by atoms with Gasteiger partial charge in [0, 0.05) is 19.2 Å². The summed E-state index contributed by atoms with van der Waals surface area (Å²) >= 11 is 0. The number of likely N-dealkylation sites (N-methyl/N-ethyl adjacent to an activating group) is 1. The Labute approximate surface area is 175 Å². The van der Waals surface area contributed by atoms with Gasteiger partial charge in [0.2, 0.25) is 0 Å². The molecular formula is C20H35IN4O. The zero-order chi connectivity index (χ0) is 17.7. The first kappa shape index (κ1) is 23.2. The third-order valence-corrected chi connectivity index (χ3v) is 4.78. The number of nitrogens with one attached hydrogen (secondary N) is 1. The SMILES string of the molecule is CCN1CCCC1CN=C(N)NCCCCOCCc1ccccc1.I. The zero-order valence-electron chi connectivity index (χ0n) is 16.0. The van der Waals surface area contributed by atoms with E-state index in [1.165, 1.54) is 24.9 Å². The third-order valence-electron chi connectivity index (χ3n) is 4.78. The minimum atomic E-state index is 0. The summed E-state index contributed by atoms with van der Waals surface area (Å²) < 4.78 is 5.69. The van der Waals surface area contributed by atoms with Crippen molar-refractivity contribution in [3.05, 3.63) is 35.9 Å². The van der Waals surface area contributed by atoms with Gasteiger partial charge in [-0.2, -0.15) is 0 Å². The van der Waals surface area contributed by atoms with Crippen molar-refractivity contribution in [2.75, 3.05) is 39.4 Å². The van der Waals surface area contributed by atoms with E-state index >= 15 is 0 Å². The number of likely N-dealkylation sites (tertiary alicyclic amines) is 1. The summed E-state index contributed by atoms with van der Waals surface area (Å²) in [6, 6.07) is 11.0. The molecule has 1 aliphatic heterocycles. The number of hydrogen-bond donors (Lipinski definition) is 2. The van der Waals surface area contributed by atoms with Gasteiger partial charge in [-0.1, -0.05) is 37.3 Å². The van der Waals surface area contributed by atoms with Crippen molar-refractivity contribution in [2.24, 2.45) is 10.7 Å². The quantitative estimate of drug-likeness (QED) is 0.224. The normalized spacial score (nSPS) is 17.9. The lowest BCUT2D eigenvalue weighted by Gasteiger charge is -2.20. The molecule has 0 amide bonds. The van der Waals surface area contributed by atoms with Gasteiger partial charge in [-0.3, -0.25) is 9.89 Å². The van der Waals surface area contributed by atoms with Gasteiger partial charge < -0.3 is 15.8 Å². The predicted molar refractivity (Wildman–Crippen MR) is 120 cm³/mol. The number of nitrogens with two attached hydrogens (primary N) is 1. The van der Waals surface area contributed by atoms with E-state index in [1.807, 2.05) is 6.07 Å². The number of halogens is 1. The molecule has 5 nitrogen and oxygen atoms in total. The van der Waals surface area contributed by atoms with E-state index in [-0.39, 0.29) is 24.0 Å². The van der Waals surface area contributed by atoms with Crippen LogP contribution >= 0.6 is 24.0 Å². The largest absolute Gasteiger partial charge is 0.381 e. The zero-order valence-corrected chi connectivity index (χ0v) is 18.4. The topological polar surface area (TPSA) is 62.9 Å². The molecule has 1 aliphatic rings. The first-order chi connectivity index (χ1) is 12.3. The number of nitrogens with zero attached hydrogens (tertiary/aromatic N) is 2. The Morgan fingerprint density at radius 1 is 1.27 bits per heavy atom. The molecule has 1 saturated heterocycles. The van der Waals surface area contributed by atoms with E-state index in [9.17, 15) is 0 Å². The number of ether oxygens (including phenoxy) is 1. The highest BCUT2D eigenvalue weighted by Gasteiger charge is 2.22. The van der Waals surface area contributed by atoms with Crippen LogP contribution in [0.3, 0.4) is 0 Å². The molecule has 1 fully saturated rings. The number of unbranched alkanes of at least 4 members (excludes halogenated alkanes) is 1. The molecule has 1 atom stereocenters. The van der Waals surface area contributed by atoms with Gasteiger partial charge in [0.25, 0.3) is 0 Å². The number of rotatable bonds is 11. The molecule has 1 aromatic carbocycles. The van der Waals surface area contributed by atoms with Crippen molar-refractivity contribution in [3.8, 4) is 0 Å². The molecule has 1 unspecified atom stereocenters. The van der Waals surface area contributed by atoms with Crippen molar-refractivity contribution in [2.45, 2.75) is 45.1 Å². The summed E-state index contributed by atoms with van der Waals surface area (Å²) in [4.78, 5) is 6.99. The van der Waals surface area contributed by atoms with Gasteiger partial charge in [0.05, 0.1) is 13.2 Å². The minimum Gasteiger partial charge on any atom is -0.381 e. The van der Waals surface area contributed by atoms with E-state index in [0.717, 1.165) is 52.1 Å². The van der Waals surface area contributed by atoms with Gasteiger partial charge in [0.15, 0.2) is 5.96 Å². The number of hydrogen-bond acceptors (Lipinski definition) is 3. The Balaban J connectivity index is 0.00000338. The fourth-order valence-corrected chi connectivity index (χ4v) is 3.26. The van der Waals surface area contributed by atoms with Crippen LogP contribution in [0.25, 0.3) is 0 Å². The van der Waals surface area contributed by atoms with Crippen LogP contribution in [0, 0.1) is 0 Å². The van der Waals surface area contributed by atoms with Crippen LogP contribution < -0.4 is 11.1 Å². The first-order valence-corrected chi connectivity index (χ1v) is 9.69. The maximum atomic E-state index is 5.95. The highest BCUT2D eigenvalue weighted by Crippen LogP contribution is 2.16. The van der Waals surface area contributed by atoms with Crippen LogP contribution in [0.15, 0.2) is 35.3 Å². The van der Waals surface area contributed by atoms with Crippen molar-refractivity contribution in [3.63, 3.8) is 0 Å². The molecule has 0 aromatic heterocycles. The second-order valence-electron chi connectivity index (χ2n) is 6.63. The fraction of sp³-hybridized carbons (Fsp3) is 0.650. The molecule has 0 bridgehead atoms. The summed E-state index contributed by atoms with van der Waals surface area (Å²) in [5.74, 6) is 0.577. The Morgan fingerprint density at radius 2 is 2.08 bits per heavy atom. The maximum absolute atomic E-state index is 5.95. The molecule has 1 aromatic rings. The van der Waals surface area contributed by atoms with Crippen LogP contribution in [0.1, 0.15) is 38.2 Å². The van der Waals surface area contributed by atoms with Crippen molar-refractivity contribution < 1.29 is 4.74 Å². The molecule has 26 heavy (non-hydrogen) atoms. The highest BCUT2D eigenvalue weighted by atomic mass is 127. The highest BCUT2D eigenvalue weighted by molar-refractivity contribution is 14.0. The average molecular weight is 474 g/mol. The third kappa shape index (κ3) is 9.19. The lowest BCUT2D eigenvalue weighted by Crippen LogP contribution is -2.36. The van der Waals surface area contributed by atoms with Crippen LogP contribution in [0.4, 0.5) is 0 Å². The van der Waals surface area contributed by atoms with E-state index in [2.05, 4.69) is 46.4 Å². The van der Waals surface area contributed by atoms with Gasteiger partial charge in [-0.25, -0.2) is 0 Å². The summed E-state index contributed by atoms with van der Waals surface area (Å²) in [5, 5.41) is 3.21. The lowest BCUT2D eigenvalue weighted by molar-refractivity contribution is 0.133. The van der Waals surface area contributed by atoms with Gasteiger partial charge in [-0.05, 0) is 50.8 Å². The van der Waals surface area contributed by atoms with E-state index < -0.39 is 0 Å². The molecule has 0 radical (unpaired) electrons. The molecule has 1 heterocycles. The molecule has 148 valence electrons. The van der Waals surface area contributed by atoms with E-state index in [1.54, 1.807) is 0 Å². The molecule has 6 heteroatoms. The second kappa shape index (κ2) is 14.2. The van der Waals surface area contributed by atoms with Gasteiger partial charge >= 0.3 is 0 Å². The number of aliphatic imine (C=N–C) groups is 1. The Hall–Kier alpha value is -0.860. The standard InChI is InChI=1S/C20H34N4O.HI/c1-2-24-14-8-11-19(24)17-23-20(21)22-13-6-7-15-25-16-12-18-9-4-3-5-10-18;/h3-5,9-10,19H,2,6-8,11-17H2,1H3,(H3,21,22,23);1H. The van der Waals surface area contributed by atoms with Crippen LogP contribution in [-0.2, 0) is 11.2 Å². The van der Waals surface area contributed by atoms with E-state index in [0.29, 0.717) is 12.0 Å². The fourth-order valence-electron chi connectivity index (χ4n) is 3.26. The Kier molecular flexibility index (Phi) is 12.7. The molecule has 2 rings (SSSR count). The summed E-state index contributed by atoms with van der Waals surface area (Å²) in [7, 11) is 0. The Bertz CT molecular complexity index is 498. The molecule has 3 N–H and O–H groups in total. The summed E-state index contributed by atoms with van der Waals surface area (Å²) in [6.07, 6.45) is 5.60. The molecule has 0 saturated carbocycles. The predicted octanol–water partition coefficient (Wildman–Crippen LogP) is 3.03. The smallest absolute Gasteiger partial charge is 0.188 e. The molecular weight excluding hydrogens is 439 g/mol. The molecule has 0 spiro atoms.